The fourth-order valence-corrected chi connectivity index (χ4v) is 2.41. The van der Waals surface area contributed by atoms with E-state index in [4.69, 9.17) is 18.9 Å². The molecule has 0 bridgehead atoms. The third-order valence-electron chi connectivity index (χ3n) is 3.85. The van der Waals surface area contributed by atoms with Crippen molar-refractivity contribution in [2.45, 2.75) is 0 Å². The largest absolute Gasteiger partial charge is 0.497 e. The van der Waals surface area contributed by atoms with E-state index in [0.717, 1.165) is 5.56 Å². The summed E-state index contributed by atoms with van der Waals surface area (Å²) >= 11 is 0. The van der Waals surface area contributed by atoms with E-state index in [1.54, 1.807) is 75.9 Å². The van der Waals surface area contributed by atoms with Crippen molar-refractivity contribution >= 4 is 5.97 Å². The van der Waals surface area contributed by atoms with Gasteiger partial charge in [-0.1, -0.05) is 0 Å². The standard InChI is InChI=1S/C20H18N2O5/c1-24-14-6-4-13(5-7-14)20(23)27-19-11-9-17(21-22-19)16-12-15(25-2)8-10-18(16)26-3/h4-12H,1-3H3. The maximum atomic E-state index is 12.2. The zero-order valence-electron chi connectivity index (χ0n) is 15.1. The molecule has 27 heavy (non-hydrogen) atoms. The third-order valence-corrected chi connectivity index (χ3v) is 3.85. The number of esters is 1. The molecule has 0 unspecified atom stereocenters. The van der Waals surface area contributed by atoms with Crippen LogP contribution in [0.3, 0.4) is 0 Å². The molecule has 1 heterocycles. The molecule has 138 valence electrons. The molecule has 7 heteroatoms. The van der Waals surface area contributed by atoms with Crippen LogP contribution in [0.5, 0.6) is 23.1 Å². The zero-order chi connectivity index (χ0) is 19.2. The number of nitrogens with zero attached hydrogens (tertiary/aromatic N) is 2. The van der Waals surface area contributed by atoms with Gasteiger partial charge in [-0.2, -0.15) is 0 Å². The van der Waals surface area contributed by atoms with Crippen LogP contribution in [0.15, 0.2) is 54.6 Å². The van der Waals surface area contributed by atoms with Crippen LogP contribution in [-0.4, -0.2) is 37.5 Å². The first-order chi connectivity index (χ1) is 13.1. The Kier molecular flexibility index (Phi) is 5.51. The number of aromatic nitrogens is 2. The predicted octanol–water partition coefficient (Wildman–Crippen LogP) is 3.39. The van der Waals surface area contributed by atoms with Crippen LogP contribution in [0.1, 0.15) is 10.4 Å². The maximum absolute atomic E-state index is 12.2. The van der Waals surface area contributed by atoms with Gasteiger partial charge in [0, 0.05) is 11.6 Å². The normalized spacial score (nSPS) is 10.2. The molecule has 0 radical (unpaired) electrons. The van der Waals surface area contributed by atoms with Crippen molar-refractivity contribution < 1.29 is 23.7 Å². The molecule has 0 fully saturated rings. The lowest BCUT2D eigenvalue weighted by Gasteiger charge is -2.10. The van der Waals surface area contributed by atoms with Gasteiger partial charge in [-0.15, -0.1) is 10.2 Å². The van der Waals surface area contributed by atoms with Crippen molar-refractivity contribution in [3.8, 4) is 34.4 Å². The molecule has 0 saturated heterocycles. The molecule has 3 rings (SSSR count). The highest BCUT2D eigenvalue weighted by molar-refractivity contribution is 5.91. The number of methoxy groups -OCH3 is 3. The minimum absolute atomic E-state index is 0.0985. The molecule has 3 aromatic rings. The Bertz CT molecular complexity index is 924. The second-order valence-electron chi connectivity index (χ2n) is 5.44. The van der Waals surface area contributed by atoms with Gasteiger partial charge in [0.15, 0.2) is 0 Å². The second-order valence-corrected chi connectivity index (χ2v) is 5.44. The van der Waals surface area contributed by atoms with Crippen LogP contribution in [0.25, 0.3) is 11.3 Å². The molecule has 0 aliphatic carbocycles. The number of carbonyl (C=O) groups is 1. The fraction of sp³-hybridized carbons (Fsp3) is 0.150. The fourth-order valence-electron chi connectivity index (χ4n) is 2.41. The topological polar surface area (TPSA) is 79.8 Å². The smallest absolute Gasteiger partial charge is 0.344 e. The van der Waals surface area contributed by atoms with Gasteiger partial charge in [0.25, 0.3) is 0 Å². The van der Waals surface area contributed by atoms with Gasteiger partial charge in [-0.3, -0.25) is 0 Å². The highest BCUT2D eigenvalue weighted by Gasteiger charge is 2.13. The molecule has 0 N–H and O–H groups in total. The summed E-state index contributed by atoms with van der Waals surface area (Å²) in [6, 6.07) is 15.2. The second kappa shape index (κ2) is 8.18. The van der Waals surface area contributed by atoms with E-state index in [2.05, 4.69) is 10.2 Å². The Morgan fingerprint density at radius 3 is 2.07 bits per heavy atom. The van der Waals surface area contributed by atoms with Crippen molar-refractivity contribution in [1.82, 2.24) is 10.2 Å². The van der Waals surface area contributed by atoms with E-state index in [1.165, 1.54) is 0 Å². The Hall–Kier alpha value is -3.61. The zero-order valence-corrected chi connectivity index (χ0v) is 15.1. The van der Waals surface area contributed by atoms with Crippen LogP contribution in [0, 0.1) is 0 Å². The summed E-state index contributed by atoms with van der Waals surface area (Å²) in [4.78, 5) is 12.2. The number of hydrogen-bond acceptors (Lipinski definition) is 7. The number of ether oxygens (including phenoxy) is 4. The van der Waals surface area contributed by atoms with Gasteiger partial charge in [-0.25, -0.2) is 4.79 Å². The summed E-state index contributed by atoms with van der Waals surface area (Å²) in [7, 11) is 4.71. The number of benzene rings is 2. The molecule has 1 aromatic heterocycles. The summed E-state index contributed by atoms with van der Waals surface area (Å²) in [5.74, 6) is 1.53. The highest BCUT2D eigenvalue weighted by atomic mass is 16.5. The summed E-state index contributed by atoms with van der Waals surface area (Å²) in [6.45, 7) is 0. The quantitative estimate of drug-likeness (QED) is 0.619. The first-order valence-corrected chi connectivity index (χ1v) is 8.07. The first-order valence-electron chi connectivity index (χ1n) is 8.07. The van der Waals surface area contributed by atoms with Crippen LogP contribution < -0.4 is 18.9 Å². The van der Waals surface area contributed by atoms with E-state index >= 15 is 0 Å². The number of hydrogen-bond donors (Lipinski definition) is 0. The molecule has 0 saturated carbocycles. The van der Waals surface area contributed by atoms with Gasteiger partial charge in [0.2, 0.25) is 5.88 Å². The molecular weight excluding hydrogens is 348 g/mol. The Morgan fingerprint density at radius 2 is 1.48 bits per heavy atom. The van der Waals surface area contributed by atoms with Crippen molar-refractivity contribution in [1.29, 1.82) is 0 Å². The molecule has 0 atom stereocenters. The summed E-state index contributed by atoms with van der Waals surface area (Å²) < 4.78 is 20.9. The van der Waals surface area contributed by atoms with Crippen LogP contribution in [0.4, 0.5) is 0 Å². The highest BCUT2D eigenvalue weighted by Crippen LogP contribution is 2.32. The number of carbonyl (C=O) groups excluding carboxylic acids is 1. The molecule has 0 aliphatic heterocycles. The average molecular weight is 366 g/mol. The van der Waals surface area contributed by atoms with Gasteiger partial charge in [0.1, 0.15) is 17.2 Å². The summed E-state index contributed by atoms with van der Waals surface area (Å²) in [5.41, 5.74) is 1.67. The van der Waals surface area contributed by atoms with Crippen LogP contribution in [0.2, 0.25) is 0 Å². The minimum Gasteiger partial charge on any atom is -0.497 e. The summed E-state index contributed by atoms with van der Waals surface area (Å²) in [6.07, 6.45) is 0. The molecule has 0 amide bonds. The predicted molar refractivity (Wildman–Crippen MR) is 98.5 cm³/mol. The Balaban J connectivity index is 1.78. The third kappa shape index (κ3) is 4.14. The SMILES string of the molecule is COc1ccc(C(=O)Oc2ccc(-c3cc(OC)ccc3OC)nn2)cc1. The molecule has 0 aliphatic rings. The van der Waals surface area contributed by atoms with Gasteiger partial charge >= 0.3 is 5.97 Å². The van der Waals surface area contributed by atoms with E-state index in [1.807, 2.05) is 0 Å². The average Bonchev–Trinajstić information content (AvgIpc) is 2.73. The van der Waals surface area contributed by atoms with E-state index in [0.29, 0.717) is 28.5 Å². The Morgan fingerprint density at radius 1 is 0.778 bits per heavy atom. The van der Waals surface area contributed by atoms with E-state index < -0.39 is 5.97 Å². The Labute approximate surface area is 156 Å². The van der Waals surface area contributed by atoms with Crippen LogP contribution in [-0.2, 0) is 0 Å². The van der Waals surface area contributed by atoms with Crippen molar-refractivity contribution in [3.05, 3.63) is 60.2 Å². The van der Waals surface area contributed by atoms with Crippen molar-refractivity contribution in [3.63, 3.8) is 0 Å². The summed E-state index contributed by atoms with van der Waals surface area (Å²) in [5, 5.41) is 8.10. The molecule has 0 spiro atoms. The molecular formula is C20H18N2O5. The number of rotatable bonds is 6. The first kappa shape index (κ1) is 18.2. The minimum atomic E-state index is -0.529. The molecule has 2 aromatic carbocycles. The lowest BCUT2D eigenvalue weighted by atomic mass is 10.1. The van der Waals surface area contributed by atoms with Crippen LogP contribution >= 0.6 is 0 Å². The van der Waals surface area contributed by atoms with Crippen molar-refractivity contribution in [2.24, 2.45) is 0 Å². The lowest BCUT2D eigenvalue weighted by molar-refractivity contribution is 0.0726. The van der Waals surface area contributed by atoms with Gasteiger partial charge in [0.05, 0.1) is 32.6 Å². The monoisotopic (exact) mass is 366 g/mol. The van der Waals surface area contributed by atoms with E-state index in [9.17, 15) is 4.79 Å². The van der Waals surface area contributed by atoms with Gasteiger partial charge < -0.3 is 18.9 Å². The molecule has 7 nitrogen and oxygen atoms in total. The van der Waals surface area contributed by atoms with E-state index in [-0.39, 0.29) is 5.88 Å². The maximum Gasteiger partial charge on any atom is 0.344 e. The lowest BCUT2D eigenvalue weighted by Crippen LogP contribution is -2.09. The van der Waals surface area contributed by atoms with Gasteiger partial charge in [-0.05, 0) is 48.5 Å². The van der Waals surface area contributed by atoms with Crippen molar-refractivity contribution in [2.75, 3.05) is 21.3 Å².